The molecule has 0 radical (unpaired) electrons. The largest absolute Gasteiger partial charge is 0.485 e. The summed E-state index contributed by atoms with van der Waals surface area (Å²) in [6.45, 7) is 8.87. The van der Waals surface area contributed by atoms with E-state index in [-0.39, 0.29) is 12.5 Å². The molecule has 2 heterocycles. The van der Waals surface area contributed by atoms with Crippen LogP contribution in [0.3, 0.4) is 0 Å². The lowest BCUT2D eigenvalue weighted by Gasteiger charge is -2.35. The molecule has 2 aromatic carbocycles. The van der Waals surface area contributed by atoms with E-state index in [4.69, 9.17) is 9.15 Å². The van der Waals surface area contributed by atoms with Crippen LogP contribution < -0.4 is 15.0 Å². The molecule has 1 saturated heterocycles. The Hall–Kier alpha value is -3.25. The van der Waals surface area contributed by atoms with E-state index in [2.05, 4.69) is 47.3 Å². The number of anilines is 1. The molecule has 168 valence electrons. The van der Waals surface area contributed by atoms with Gasteiger partial charge in [0.15, 0.2) is 5.76 Å². The predicted molar refractivity (Wildman–Crippen MR) is 126 cm³/mol. The summed E-state index contributed by atoms with van der Waals surface area (Å²) < 4.78 is 11.6. The Morgan fingerprint density at radius 1 is 1.03 bits per heavy atom. The lowest BCUT2D eigenvalue weighted by Crippen LogP contribution is -2.45. The highest BCUT2D eigenvalue weighted by molar-refractivity contribution is 5.91. The fourth-order valence-corrected chi connectivity index (χ4v) is 3.97. The van der Waals surface area contributed by atoms with Crippen LogP contribution in [0.1, 0.15) is 33.0 Å². The quantitative estimate of drug-likeness (QED) is 0.606. The molecule has 0 unspecified atom stereocenters. The molecule has 1 aliphatic rings. The van der Waals surface area contributed by atoms with Crippen LogP contribution in [0.4, 0.5) is 5.69 Å². The van der Waals surface area contributed by atoms with Crippen molar-refractivity contribution in [1.82, 2.24) is 10.2 Å². The van der Waals surface area contributed by atoms with E-state index in [1.165, 1.54) is 11.3 Å². The first-order chi connectivity index (χ1) is 15.5. The number of aryl methyl sites for hydroxylation is 2. The van der Waals surface area contributed by atoms with Gasteiger partial charge in [-0.1, -0.05) is 35.9 Å². The van der Waals surface area contributed by atoms with E-state index < -0.39 is 0 Å². The summed E-state index contributed by atoms with van der Waals surface area (Å²) in [6, 6.07) is 17.8. The number of rotatable bonds is 7. The van der Waals surface area contributed by atoms with E-state index in [0.717, 1.165) is 43.1 Å². The van der Waals surface area contributed by atoms with E-state index >= 15 is 0 Å². The smallest absolute Gasteiger partial charge is 0.287 e. The Kier molecular flexibility index (Phi) is 6.81. The van der Waals surface area contributed by atoms with Crippen molar-refractivity contribution >= 4 is 11.6 Å². The lowest BCUT2D eigenvalue weighted by atomic mass is 10.1. The fourth-order valence-electron chi connectivity index (χ4n) is 3.97. The minimum Gasteiger partial charge on any atom is -0.485 e. The molecule has 6 nitrogen and oxygen atoms in total. The molecular formula is C26H31N3O3. The van der Waals surface area contributed by atoms with Gasteiger partial charge in [-0.05, 0) is 56.3 Å². The highest BCUT2D eigenvalue weighted by atomic mass is 16.5. The van der Waals surface area contributed by atoms with Crippen molar-refractivity contribution in [2.24, 2.45) is 0 Å². The van der Waals surface area contributed by atoms with Crippen LogP contribution in [0.2, 0.25) is 0 Å². The first-order valence-electron chi connectivity index (χ1n) is 11.1. The number of nitrogens with one attached hydrogen (secondary N) is 1. The normalized spacial score (nSPS) is 14.4. The summed E-state index contributed by atoms with van der Waals surface area (Å²) in [5.74, 6) is 1.50. The van der Waals surface area contributed by atoms with Gasteiger partial charge in [0.1, 0.15) is 18.1 Å². The molecule has 0 bridgehead atoms. The van der Waals surface area contributed by atoms with Gasteiger partial charge in [0.05, 0.1) is 0 Å². The molecule has 1 fully saturated rings. The van der Waals surface area contributed by atoms with E-state index in [1.807, 2.05) is 31.2 Å². The second-order valence-electron chi connectivity index (χ2n) is 8.43. The van der Waals surface area contributed by atoms with Crippen LogP contribution in [0.15, 0.2) is 59.0 Å². The van der Waals surface area contributed by atoms with Gasteiger partial charge >= 0.3 is 0 Å². The van der Waals surface area contributed by atoms with Crippen LogP contribution in [0.5, 0.6) is 5.75 Å². The summed E-state index contributed by atoms with van der Waals surface area (Å²) in [5.41, 5.74) is 4.56. The molecule has 0 saturated carbocycles. The highest BCUT2D eigenvalue weighted by Gasteiger charge is 2.18. The third-order valence-corrected chi connectivity index (χ3v) is 5.86. The number of furan rings is 1. The molecule has 0 atom stereocenters. The lowest BCUT2D eigenvalue weighted by molar-refractivity contribution is 0.0919. The second-order valence-corrected chi connectivity index (χ2v) is 8.43. The number of piperazine rings is 1. The maximum Gasteiger partial charge on any atom is 0.287 e. The third kappa shape index (κ3) is 5.32. The number of hydrogen-bond acceptors (Lipinski definition) is 5. The molecule has 0 aliphatic carbocycles. The minimum atomic E-state index is -0.226. The molecule has 1 aliphatic heterocycles. The Morgan fingerprint density at radius 2 is 1.81 bits per heavy atom. The van der Waals surface area contributed by atoms with Crippen LogP contribution in [0.25, 0.3) is 0 Å². The second kappa shape index (κ2) is 9.92. The van der Waals surface area contributed by atoms with Gasteiger partial charge in [0.25, 0.3) is 5.91 Å². The van der Waals surface area contributed by atoms with Crippen LogP contribution in [-0.4, -0.2) is 44.0 Å². The van der Waals surface area contributed by atoms with Gasteiger partial charge in [-0.15, -0.1) is 0 Å². The molecule has 0 spiro atoms. The predicted octanol–water partition coefficient (Wildman–Crippen LogP) is 4.16. The maximum absolute atomic E-state index is 12.7. The molecule has 1 amide bonds. The molecule has 3 aromatic rings. The van der Waals surface area contributed by atoms with Gasteiger partial charge in [0, 0.05) is 38.4 Å². The van der Waals surface area contributed by atoms with Crippen molar-refractivity contribution in [3.63, 3.8) is 0 Å². The van der Waals surface area contributed by atoms with E-state index in [9.17, 15) is 4.79 Å². The fraction of sp³-hybridized carbons (Fsp3) is 0.346. The van der Waals surface area contributed by atoms with Gasteiger partial charge in [0.2, 0.25) is 0 Å². The van der Waals surface area contributed by atoms with Gasteiger partial charge in [-0.2, -0.15) is 0 Å². The zero-order chi connectivity index (χ0) is 22.5. The number of ether oxygens (including phenoxy) is 1. The molecule has 32 heavy (non-hydrogen) atoms. The minimum absolute atomic E-state index is 0.226. The van der Waals surface area contributed by atoms with Crippen molar-refractivity contribution in [1.29, 1.82) is 0 Å². The third-order valence-electron chi connectivity index (χ3n) is 5.86. The SMILES string of the molecule is Cc1ccc(OCc2ccc(C(=O)NCc3ccccc3N3CCN(C)CC3)o2)c(C)c1. The standard InChI is InChI=1S/C26H31N3O3/c1-19-8-10-24(20(2)16-19)31-18-22-9-11-25(32-22)26(30)27-17-21-6-4-5-7-23(21)29-14-12-28(3)13-15-29/h4-11,16H,12-15,17-18H2,1-3H3,(H,27,30). The van der Waals surface area contributed by atoms with Crippen molar-refractivity contribution in [2.45, 2.75) is 27.0 Å². The number of likely N-dealkylation sites (N-methyl/N-ethyl adjacent to an activating group) is 1. The number of carbonyl (C=O) groups is 1. The maximum atomic E-state index is 12.7. The first-order valence-corrected chi connectivity index (χ1v) is 11.1. The van der Waals surface area contributed by atoms with Gasteiger partial charge in [-0.3, -0.25) is 4.79 Å². The number of nitrogens with zero attached hydrogens (tertiary/aromatic N) is 2. The monoisotopic (exact) mass is 433 g/mol. The summed E-state index contributed by atoms with van der Waals surface area (Å²) >= 11 is 0. The van der Waals surface area contributed by atoms with Crippen molar-refractivity contribution in [3.05, 3.63) is 82.8 Å². The molecule has 6 heteroatoms. The summed E-state index contributed by atoms with van der Waals surface area (Å²) in [7, 11) is 2.15. The van der Waals surface area contributed by atoms with Gasteiger partial charge in [-0.25, -0.2) is 0 Å². The topological polar surface area (TPSA) is 58.0 Å². The average Bonchev–Trinajstić information content (AvgIpc) is 3.27. The van der Waals surface area contributed by atoms with Crippen LogP contribution >= 0.6 is 0 Å². The van der Waals surface area contributed by atoms with E-state index in [0.29, 0.717) is 18.1 Å². The van der Waals surface area contributed by atoms with Crippen molar-refractivity contribution in [3.8, 4) is 5.75 Å². The molecular weight excluding hydrogens is 402 g/mol. The number of carbonyl (C=O) groups excluding carboxylic acids is 1. The summed E-state index contributed by atoms with van der Waals surface area (Å²) in [6.07, 6.45) is 0. The summed E-state index contributed by atoms with van der Waals surface area (Å²) in [4.78, 5) is 17.4. The number of para-hydroxylation sites is 1. The highest BCUT2D eigenvalue weighted by Crippen LogP contribution is 2.23. The number of benzene rings is 2. The Balaban J connectivity index is 1.34. The van der Waals surface area contributed by atoms with Crippen molar-refractivity contribution < 1.29 is 13.9 Å². The van der Waals surface area contributed by atoms with Crippen LogP contribution in [0, 0.1) is 13.8 Å². The zero-order valence-corrected chi connectivity index (χ0v) is 19.1. The van der Waals surface area contributed by atoms with E-state index in [1.54, 1.807) is 12.1 Å². The Bertz CT molecular complexity index is 1070. The number of amides is 1. The average molecular weight is 434 g/mol. The molecule has 1 aromatic heterocycles. The van der Waals surface area contributed by atoms with Gasteiger partial charge < -0.3 is 24.3 Å². The summed E-state index contributed by atoms with van der Waals surface area (Å²) in [5, 5.41) is 3.00. The molecule has 4 rings (SSSR count). The number of hydrogen-bond donors (Lipinski definition) is 1. The zero-order valence-electron chi connectivity index (χ0n) is 19.1. The van der Waals surface area contributed by atoms with Crippen molar-refractivity contribution in [2.75, 3.05) is 38.1 Å². The first kappa shape index (κ1) is 22.0. The van der Waals surface area contributed by atoms with Crippen LogP contribution in [-0.2, 0) is 13.2 Å². The Labute approximate surface area is 189 Å². The Morgan fingerprint density at radius 3 is 2.59 bits per heavy atom. The molecule has 1 N–H and O–H groups in total.